The highest BCUT2D eigenvalue weighted by molar-refractivity contribution is 6.02. The lowest BCUT2D eigenvalue weighted by Crippen LogP contribution is -2.40. The van der Waals surface area contributed by atoms with Crippen molar-refractivity contribution in [2.75, 3.05) is 12.0 Å². The van der Waals surface area contributed by atoms with Gasteiger partial charge in [0.1, 0.15) is 0 Å². The van der Waals surface area contributed by atoms with Crippen LogP contribution in [0, 0.1) is 16.7 Å². The zero-order chi connectivity index (χ0) is 21.1. The third-order valence-corrected chi connectivity index (χ3v) is 5.68. The van der Waals surface area contributed by atoms with Crippen molar-refractivity contribution in [3.63, 3.8) is 0 Å². The van der Waals surface area contributed by atoms with Gasteiger partial charge < -0.3 is 9.64 Å². The Morgan fingerprint density at radius 3 is 2.00 bits per heavy atom. The van der Waals surface area contributed by atoms with E-state index in [1.165, 1.54) is 7.11 Å². The molecule has 0 N–H and O–H groups in total. The summed E-state index contributed by atoms with van der Waals surface area (Å²) in [7, 11) is 1.34. The van der Waals surface area contributed by atoms with Crippen LogP contribution in [0.5, 0.6) is 0 Å². The number of allylic oxidation sites excluding steroid dienone is 1. The zero-order valence-corrected chi connectivity index (χ0v) is 16.9. The lowest BCUT2D eigenvalue weighted by atomic mass is 9.72. The Labute approximate surface area is 176 Å². The summed E-state index contributed by atoms with van der Waals surface area (Å²) in [5.74, 6) is -0.560. The molecule has 4 rings (SSSR count). The second kappa shape index (κ2) is 7.88. The number of hydrogen-bond acceptors (Lipinski definition) is 4. The van der Waals surface area contributed by atoms with E-state index in [9.17, 15) is 10.1 Å². The summed E-state index contributed by atoms with van der Waals surface area (Å²) in [5, 5.41) is 10.6. The minimum absolute atomic E-state index is 0.560. The first-order valence-corrected chi connectivity index (χ1v) is 9.80. The predicted molar refractivity (Wildman–Crippen MR) is 117 cm³/mol. The average Bonchev–Trinajstić information content (AvgIpc) is 3.09. The fraction of sp³-hybridized carbons (Fsp3) is 0.154. The largest absolute Gasteiger partial charge is 0.468 e. The number of ether oxygens (including phenoxy) is 1. The highest BCUT2D eigenvalue weighted by atomic mass is 16.5. The van der Waals surface area contributed by atoms with E-state index in [4.69, 9.17) is 4.74 Å². The van der Waals surface area contributed by atoms with Crippen LogP contribution in [-0.2, 0) is 9.53 Å². The molecular formula is C26H22N2O2. The van der Waals surface area contributed by atoms with Gasteiger partial charge in [-0.25, -0.2) is 4.79 Å². The summed E-state index contributed by atoms with van der Waals surface area (Å²) < 4.78 is 5.24. The molecule has 0 unspecified atom stereocenters. The van der Waals surface area contributed by atoms with Gasteiger partial charge in [-0.15, -0.1) is 0 Å². The Morgan fingerprint density at radius 1 is 0.933 bits per heavy atom. The number of benzene rings is 3. The van der Waals surface area contributed by atoms with Gasteiger partial charge in [0.2, 0.25) is 5.41 Å². The molecule has 3 aromatic carbocycles. The summed E-state index contributed by atoms with van der Waals surface area (Å²) in [4.78, 5) is 15.4. The second-order valence-electron chi connectivity index (χ2n) is 7.26. The third-order valence-electron chi connectivity index (χ3n) is 5.68. The molecule has 0 spiro atoms. The summed E-state index contributed by atoms with van der Waals surface area (Å²) in [6.07, 6.45) is 0. The van der Waals surface area contributed by atoms with Crippen molar-refractivity contribution in [1.82, 2.24) is 0 Å². The maximum absolute atomic E-state index is 13.4. The van der Waals surface area contributed by atoms with E-state index < -0.39 is 17.4 Å². The van der Waals surface area contributed by atoms with Gasteiger partial charge in [0, 0.05) is 17.0 Å². The number of methoxy groups -OCH3 is 1. The molecule has 0 aromatic heterocycles. The van der Waals surface area contributed by atoms with Gasteiger partial charge in [-0.05, 0) is 30.2 Å². The highest BCUT2D eigenvalue weighted by Crippen LogP contribution is 2.58. The van der Waals surface area contributed by atoms with E-state index in [1.54, 1.807) is 0 Å². The molecule has 0 saturated heterocycles. The predicted octanol–water partition coefficient (Wildman–Crippen LogP) is 5.36. The molecule has 0 radical (unpaired) electrons. The molecule has 30 heavy (non-hydrogen) atoms. The van der Waals surface area contributed by atoms with Crippen molar-refractivity contribution in [3.8, 4) is 6.07 Å². The van der Waals surface area contributed by atoms with E-state index >= 15 is 0 Å². The molecule has 4 nitrogen and oxygen atoms in total. The van der Waals surface area contributed by atoms with Crippen molar-refractivity contribution in [2.45, 2.75) is 13.0 Å². The third kappa shape index (κ3) is 2.87. The number of nitriles is 1. The van der Waals surface area contributed by atoms with Gasteiger partial charge in [0.15, 0.2) is 0 Å². The molecule has 0 bridgehead atoms. The van der Waals surface area contributed by atoms with Crippen LogP contribution in [0.4, 0.5) is 5.69 Å². The second-order valence-corrected chi connectivity index (χ2v) is 7.26. The number of carbonyl (C=O) groups is 1. The van der Waals surface area contributed by atoms with Crippen LogP contribution in [0.1, 0.15) is 24.1 Å². The molecule has 1 aliphatic heterocycles. The molecule has 0 saturated carbocycles. The number of nitrogens with zero attached hydrogens (tertiary/aromatic N) is 2. The van der Waals surface area contributed by atoms with Gasteiger partial charge in [0.25, 0.3) is 0 Å². The normalized spacial score (nSPS) is 20.7. The summed E-state index contributed by atoms with van der Waals surface area (Å²) >= 11 is 0. The van der Waals surface area contributed by atoms with Crippen molar-refractivity contribution in [2.24, 2.45) is 5.41 Å². The highest BCUT2D eigenvalue weighted by Gasteiger charge is 2.59. The number of carbonyl (C=O) groups excluding carboxylic acids is 1. The summed E-state index contributed by atoms with van der Waals surface area (Å²) in [5.41, 5.74) is 2.64. The van der Waals surface area contributed by atoms with E-state index in [0.29, 0.717) is 5.57 Å². The van der Waals surface area contributed by atoms with E-state index in [-0.39, 0.29) is 0 Å². The molecule has 1 heterocycles. The zero-order valence-electron chi connectivity index (χ0n) is 16.9. The molecule has 2 atom stereocenters. The van der Waals surface area contributed by atoms with Crippen molar-refractivity contribution in [3.05, 3.63) is 108 Å². The molecule has 148 valence electrons. The van der Waals surface area contributed by atoms with Gasteiger partial charge >= 0.3 is 5.97 Å². The molecule has 0 aliphatic carbocycles. The standard InChI is InChI=1S/C26H22N2O2/c1-19-23(20-12-6-3-7-13-20)26(18-27,25(29)30-2)24(21-14-8-4-9-15-21)28(19)22-16-10-5-11-17-22/h3-17,24H,1-2H3/t24-,26+/m0/s1. The van der Waals surface area contributed by atoms with Crippen molar-refractivity contribution in [1.29, 1.82) is 5.26 Å². The molecule has 0 amide bonds. The Morgan fingerprint density at radius 2 is 1.47 bits per heavy atom. The smallest absolute Gasteiger partial charge is 0.333 e. The maximum atomic E-state index is 13.4. The number of rotatable bonds is 4. The Kier molecular flexibility index (Phi) is 5.12. The van der Waals surface area contributed by atoms with Crippen LogP contribution in [0.3, 0.4) is 0 Å². The molecule has 4 heteroatoms. The van der Waals surface area contributed by atoms with Gasteiger partial charge in [0.05, 0.1) is 19.2 Å². The minimum Gasteiger partial charge on any atom is -0.468 e. The van der Waals surface area contributed by atoms with Crippen LogP contribution in [0.2, 0.25) is 0 Å². The number of hydrogen-bond donors (Lipinski definition) is 0. The quantitative estimate of drug-likeness (QED) is 0.559. The van der Waals surface area contributed by atoms with Crippen LogP contribution >= 0.6 is 0 Å². The first kappa shape index (κ1) is 19.5. The average molecular weight is 394 g/mol. The van der Waals surface area contributed by atoms with Crippen LogP contribution in [0.25, 0.3) is 5.57 Å². The fourth-order valence-corrected chi connectivity index (χ4v) is 4.47. The van der Waals surface area contributed by atoms with E-state index in [1.807, 2.05) is 97.9 Å². The Bertz CT molecular complexity index is 1120. The molecule has 1 aliphatic rings. The molecule has 3 aromatic rings. The first-order chi connectivity index (χ1) is 14.6. The van der Waals surface area contributed by atoms with Crippen molar-refractivity contribution < 1.29 is 9.53 Å². The van der Waals surface area contributed by atoms with Crippen molar-refractivity contribution >= 4 is 17.2 Å². The fourth-order valence-electron chi connectivity index (χ4n) is 4.47. The van der Waals surface area contributed by atoms with E-state index in [2.05, 4.69) is 11.0 Å². The SMILES string of the molecule is COC(=O)[C@]1(C#N)C(c2ccccc2)=C(C)N(c2ccccc2)[C@H]1c1ccccc1. The lowest BCUT2D eigenvalue weighted by Gasteiger charge is -2.35. The lowest BCUT2D eigenvalue weighted by molar-refractivity contribution is -0.147. The molecular weight excluding hydrogens is 372 g/mol. The van der Waals surface area contributed by atoms with Crippen LogP contribution in [-0.4, -0.2) is 13.1 Å². The monoisotopic (exact) mass is 394 g/mol. The van der Waals surface area contributed by atoms with Gasteiger partial charge in [-0.1, -0.05) is 78.9 Å². The number of anilines is 1. The van der Waals surface area contributed by atoms with Gasteiger partial charge in [-0.3, -0.25) is 0 Å². The summed E-state index contributed by atoms with van der Waals surface area (Å²) in [6.45, 7) is 1.97. The number of para-hydroxylation sites is 1. The number of esters is 1. The van der Waals surface area contributed by atoms with Gasteiger partial charge in [-0.2, -0.15) is 5.26 Å². The maximum Gasteiger partial charge on any atom is 0.333 e. The Hall–Kier alpha value is -3.84. The first-order valence-electron chi connectivity index (χ1n) is 9.80. The van der Waals surface area contributed by atoms with Crippen LogP contribution < -0.4 is 4.90 Å². The molecule has 0 fully saturated rings. The van der Waals surface area contributed by atoms with E-state index in [0.717, 1.165) is 22.5 Å². The minimum atomic E-state index is -1.52. The summed E-state index contributed by atoms with van der Waals surface area (Å²) in [6, 6.07) is 31.0. The van der Waals surface area contributed by atoms with Crippen LogP contribution in [0.15, 0.2) is 96.7 Å². The Balaban J connectivity index is 2.08. The topological polar surface area (TPSA) is 53.3 Å².